The maximum atomic E-state index is 12.2. The van der Waals surface area contributed by atoms with Gasteiger partial charge in [-0.3, -0.25) is 0 Å². The second kappa shape index (κ2) is 2.43. The molecule has 1 rings (SSSR count). The van der Waals surface area contributed by atoms with E-state index in [1.54, 1.807) is 0 Å². The van der Waals surface area contributed by atoms with Gasteiger partial charge in [0.1, 0.15) is 11.6 Å². The Morgan fingerprint density at radius 3 is 2.56 bits per heavy atom. The molecule has 0 bridgehead atoms. The molecule has 0 aliphatic rings. The summed E-state index contributed by atoms with van der Waals surface area (Å²) >= 11 is 2.80. The molecule has 1 aromatic carbocycles. The third kappa shape index (κ3) is 1.48. The topological polar surface area (TPSA) is 0 Å². The average Bonchev–Trinajstić information content (AvgIpc) is 1.80. The van der Waals surface area contributed by atoms with Crippen molar-refractivity contribution in [3.05, 3.63) is 34.3 Å². The van der Waals surface area contributed by atoms with Crippen LogP contribution >= 0.6 is 15.9 Å². The Morgan fingerprint density at radius 1 is 1.44 bits per heavy atom. The Morgan fingerprint density at radius 2 is 2.11 bits per heavy atom. The summed E-state index contributed by atoms with van der Waals surface area (Å²) in [6.07, 6.45) is 0. The zero-order valence-electron chi connectivity index (χ0n) is 4.29. The van der Waals surface area contributed by atoms with Crippen LogP contribution in [0.15, 0.2) is 16.6 Å². The standard InChI is InChI=1S/C6H2BrF2/c7-5-3-4(8)1-2-6(5)9/h1,3H. The second-order valence-corrected chi connectivity index (χ2v) is 2.33. The highest BCUT2D eigenvalue weighted by atomic mass is 79.9. The van der Waals surface area contributed by atoms with Gasteiger partial charge in [0.2, 0.25) is 0 Å². The summed E-state index contributed by atoms with van der Waals surface area (Å²) in [7, 11) is 0. The molecule has 47 valence electrons. The Kier molecular flexibility index (Phi) is 1.81. The van der Waals surface area contributed by atoms with Crippen LogP contribution in [0.25, 0.3) is 0 Å². The van der Waals surface area contributed by atoms with Crippen LogP contribution in [0.1, 0.15) is 0 Å². The molecular formula is C6H2BrF2. The summed E-state index contributed by atoms with van der Waals surface area (Å²) in [6, 6.07) is 4.07. The van der Waals surface area contributed by atoms with Crippen LogP contribution in [0.3, 0.4) is 0 Å². The fraction of sp³-hybridized carbons (Fsp3) is 0. The number of hydrogen-bond donors (Lipinski definition) is 0. The van der Waals surface area contributed by atoms with E-state index in [1.807, 2.05) is 0 Å². The van der Waals surface area contributed by atoms with Gasteiger partial charge in [0.25, 0.3) is 0 Å². The predicted molar refractivity (Wildman–Crippen MR) is 32.9 cm³/mol. The van der Waals surface area contributed by atoms with Crippen molar-refractivity contribution in [1.82, 2.24) is 0 Å². The highest BCUT2D eigenvalue weighted by Crippen LogP contribution is 2.14. The van der Waals surface area contributed by atoms with Crippen LogP contribution in [0.4, 0.5) is 8.78 Å². The molecule has 0 heterocycles. The lowest BCUT2D eigenvalue weighted by Gasteiger charge is -1.90. The first kappa shape index (κ1) is 6.68. The quantitative estimate of drug-likeness (QED) is 0.554. The lowest BCUT2D eigenvalue weighted by atomic mass is 10.3. The van der Waals surface area contributed by atoms with Crippen molar-refractivity contribution in [2.24, 2.45) is 0 Å². The van der Waals surface area contributed by atoms with Crippen molar-refractivity contribution in [3.63, 3.8) is 0 Å². The molecule has 3 heteroatoms. The molecule has 0 aliphatic carbocycles. The first-order chi connectivity index (χ1) is 4.20. The van der Waals surface area contributed by atoms with Crippen LogP contribution in [0.2, 0.25) is 0 Å². The molecule has 0 saturated heterocycles. The Bertz CT molecular complexity index is 222. The van der Waals surface area contributed by atoms with E-state index in [-0.39, 0.29) is 4.47 Å². The van der Waals surface area contributed by atoms with Crippen molar-refractivity contribution in [2.75, 3.05) is 0 Å². The Labute approximate surface area is 59.6 Å². The van der Waals surface area contributed by atoms with E-state index in [0.717, 1.165) is 12.1 Å². The molecular weight excluding hydrogens is 190 g/mol. The van der Waals surface area contributed by atoms with E-state index >= 15 is 0 Å². The van der Waals surface area contributed by atoms with E-state index in [1.165, 1.54) is 0 Å². The zero-order valence-corrected chi connectivity index (χ0v) is 5.87. The van der Waals surface area contributed by atoms with E-state index in [2.05, 4.69) is 22.0 Å². The van der Waals surface area contributed by atoms with Crippen molar-refractivity contribution in [1.29, 1.82) is 0 Å². The Balaban J connectivity index is 3.17. The molecule has 9 heavy (non-hydrogen) atoms. The van der Waals surface area contributed by atoms with Gasteiger partial charge in [-0.25, -0.2) is 8.78 Å². The van der Waals surface area contributed by atoms with Gasteiger partial charge in [-0.15, -0.1) is 0 Å². The molecule has 0 nitrogen and oxygen atoms in total. The van der Waals surface area contributed by atoms with Crippen LogP contribution in [0.5, 0.6) is 0 Å². The molecule has 0 amide bonds. The van der Waals surface area contributed by atoms with Gasteiger partial charge in [0.05, 0.1) is 4.47 Å². The second-order valence-electron chi connectivity index (χ2n) is 1.48. The first-order valence-corrected chi connectivity index (χ1v) is 3.01. The van der Waals surface area contributed by atoms with Crippen molar-refractivity contribution < 1.29 is 8.78 Å². The van der Waals surface area contributed by atoms with Gasteiger partial charge in [-0.05, 0) is 28.1 Å². The van der Waals surface area contributed by atoms with E-state index in [4.69, 9.17) is 0 Å². The minimum atomic E-state index is -0.573. The number of halogens is 3. The number of benzene rings is 1. The predicted octanol–water partition coefficient (Wildman–Crippen LogP) is 2.53. The minimum absolute atomic E-state index is 0.0995. The smallest absolute Gasteiger partial charge is 0.145 e. The van der Waals surface area contributed by atoms with E-state index in [9.17, 15) is 8.78 Å². The normalized spacial score (nSPS) is 9.67. The maximum absolute atomic E-state index is 12.2. The molecule has 1 radical (unpaired) electrons. The Hall–Kier alpha value is -0.440. The fourth-order valence-corrected chi connectivity index (χ4v) is 0.760. The summed E-state index contributed by atoms with van der Waals surface area (Å²) in [5.74, 6) is -1.07. The zero-order chi connectivity index (χ0) is 6.85. The lowest BCUT2D eigenvalue weighted by Crippen LogP contribution is -1.78. The van der Waals surface area contributed by atoms with Gasteiger partial charge >= 0.3 is 0 Å². The van der Waals surface area contributed by atoms with Gasteiger partial charge in [-0.1, -0.05) is 0 Å². The number of rotatable bonds is 0. The largest absolute Gasteiger partial charge is 0.207 e. The van der Waals surface area contributed by atoms with E-state index in [0.29, 0.717) is 0 Å². The fourth-order valence-electron chi connectivity index (χ4n) is 0.427. The summed E-state index contributed by atoms with van der Waals surface area (Å²) in [6.45, 7) is 0. The summed E-state index contributed by atoms with van der Waals surface area (Å²) in [5, 5.41) is 0. The van der Waals surface area contributed by atoms with Crippen molar-refractivity contribution in [2.45, 2.75) is 0 Å². The van der Waals surface area contributed by atoms with E-state index < -0.39 is 11.6 Å². The van der Waals surface area contributed by atoms with Crippen LogP contribution < -0.4 is 0 Å². The SMILES string of the molecule is Fc1c[c]c(F)c(Br)c1. The third-order valence-electron chi connectivity index (χ3n) is 0.811. The van der Waals surface area contributed by atoms with Crippen molar-refractivity contribution in [3.8, 4) is 0 Å². The summed E-state index contributed by atoms with van der Waals surface area (Å²) in [5.41, 5.74) is 0. The minimum Gasteiger partial charge on any atom is -0.207 e. The number of hydrogen-bond acceptors (Lipinski definition) is 0. The van der Waals surface area contributed by atoms with Crippen molar-refractivity contribution >= 4 is 15.9 Å². The third-order valence-corrected chi connectivity index (χ3v) is 1.39. The molecule has 0 aromatic heterocycles. The monoisotopic (exact) mass is 191 g/mol. The summed E-state index contributed by atoms with van der Waals surface area (Å²) < 4.78 is 24.4. The van der Waals surface area contributed by atoms with Crippen LogP contribution in [0, 0.1) is 17.7 Å². The van der Waals surface area contributed by atoms with Crippen LogP contribution in [-0.4, -0.2) is 0 Å². The molecule has 0 spiro atoms. The molecule has 0 N–H and O–H groups in total. The molecule has 1 aromatic rings. The average molecular weight is 192 g/mol. The molecule has 0 unspecified atom stereocenters. The molecule has 0 saturated carbocycles. The molecule has 0 fully saturated rings. The molecule has 0 aliphatic heterocycles. The maximum Gasteiger partial charge on any atom is 0.145 e. The highest BCUT2D eigenvalue weighted by molar-refractivity contribution is 9.10. The van der Waals surface area contributed by atoms with Crippen LogP contribution in [-0.2, 0) is 0 Å². The molecule has 0 atom stereocenters. The van der Waals surface area contributed by atoms with Gasteiger partial charge in [0.15, 0.2) is 0 Å². The van der Waals surface area contributed by atoms with Gasteiger partial charge < -0.3 is 0 Å². The summed E-state index contributed by atoms with van der Waals surface area (Å²) in [4.78, 5) is 0. The van der Waals surface area contributed by atoms with Gasteiger partial charge in [-0.2, -0.15) is 0 Å². The van der Waals surface area contributed by atoms with Gasteiger partial charge in [0, 0.05) is 6.07 Å². The lowest BCUT2D eigenvalue weighted by molar-refractivity contribution is 0.592. The highest BCUT2D eigenvalue weighted by Gasteiger charge is 1.98. The first-order valence-electron chi connectivity index (χ1n) is 2.22.